The van der Waals surface area contributed by atoms with E-state index in [0.717, 1.165) is 0 Å². The lowest BCUT2D eigenvalue weighted by Crippen LogP contribution is -2.19. The number of rotatable bonds is 10. The summed E-state index contributed by atoms with van der Waals surface area (Å²) in [6.45, 7) is 0.763. The number of hydrogen-bond acceptors (Lipinski definition) is 7. The Morgan fingerprint density at radius 1 is 1.29 bits per heavy atom. The maximum atomic E-state index is 11.4. The van der Waals surface area contributed by atoms with Gasteiger partial charge in [-0.2, -0.15) is 0 Å². The molecule has 0 fully saturated rings. The number of carboxylic acid groups (broad SMARTS) is 1. The molecule has 1 rings (SSSR count). The second-order valence-corrected chi connectivity index (χ2v) is 5.25. The number of nitrogens with zero attached hydrogens (tertiary/aromatic N) is 2. The molecule has 1 aromatic carbocycles. The smallest absolute Gasteiger partial charge is 0.306 e. The molecule has 0 atom stereocenters. The van der Waals surface area contributed by atoms with Gasteiger partial charge in [0.1, 0.15) is 19.0 Å². The normalized spacial score (nSPS) is 10.5. The molecule has 0 radical (unpaired) electrons. The zero-order valence-electron chi connectivity index (χ0n) is 13.6. The molecular formula is C15H20N2O7. The summed E-state index contributed by atoms with van der Waals surface area (Å²) in [7, 11) is 3.78. The topological polar surface area (TPSA) is 119 Å². The highest BCUT2D eigenvalue weighted by Crippen LogP contribution is 2.25. The summed E-state index contributed by atoms with van der Waals surface area (Å²) in [5.74, 6) is -1.42. The van der Waals surface area contributed by atoms with Crippen molar-refractivity contribution in [2.24, 2.45) is 0 Å². The van der Waals surface area contributed by atoms with Gasteiger partial charge in [-0.25, -0.2) is 0 Å². The molecule has 0 unspecified atom stereocenters. The Bertz CT molecular complexity index is 601. The lowest BCUT2D eigenvalue weighted by molar-refractivity contribution is -0.385. The number of carboxylic acids is 1. The van der Waals surface area contributed by atoms with Crippen molar-refractivity contribution in [1.29, 1.82) is 0 Å². The first-order valence-electron chi connectivity index (χ1n) is 7.22. The number of carbonyl (C=O) groups excluding carboxylic acids is 1. The molecule has 0 amide bonds. The van der Waals surface area contributed by atoms with Gasteiger partial charge in [0, 0.05) is 12.6 Å². The maximum absolute atomic E-state index is 11.4. The zero-order chi connectivity index (χ0) is 18.1. The number of aliphatic carboxylic acids is 1. The molecular weight excluding hydrogens is 320 g/mol. The van der Waals surface area contributed by atoms with Gasteiger partial charge in [-0.05, 0) is 26.2 Å². The molecule has 0 saturated carbocycles. The molecule has 24 heavy (non-hydrogen) atoms. The van der Waals surface area contributed by atoms with Crippen molar-refractivity contribution < 1.29 is 29.1 Å². The Morgan fingerprint density at radius 2 is 2.00 bits per heavy atom. The molecule has 9 heteroatoms. The summed E-state index contributed by atoms with van der Waals surface area (Å²) in [5, 5.41) is 19.5. The first-order chi connectivity index (χ1) is 11.3. The van der Waals surface area contributed by atoms with E-state index < -0.39 is 16.9 Å². The predicted molar refractivity (Wildman–Crippen MR) is 83.8 cm³/mol. The van der Waals surface area contributed by atoms with E-state index in [0.29, 0.717) is 18.9 Å². The lowest BCUT2D eigenvalue weighted by atomic mass is 10.2. The highest BCUT2D eigenvalue weighted by Gasteiger charge is 2.17. The van der Waals surface area contributed by atoms with E-state index >= 15 is 0 Å². The van der Waals surface area contributed by atoms with Crippen LogP contribution in [0.4, 0.5) is 5.69 Å². The van der Waals surface area contributed by atoms with Crippen LogP contribution < -0.4 is 4.74 Å². The summed E-state index contributed by atoms with van der Waals surface area (Å²) in [6, 6.07) is 4.20. The quantitative estimate of drug-likeness (QED) is 0.386. The molecule has 0 aromatic heterocycles. The number of nitro benzene ring substituents is 1. The lowest BCUT2D eigenvalue weighted by Gasteiger charge is -2.12. The van der Waals surface area contributed by atoms with E-state index in [-0.39, 0.29) is 30.7 Å². The molecule has 0 saturated heterocycles. The van der Waals surface area contributed by atoms with Crippen LogP contribution in [-0.4, -0.2) is 54.1 Å². The molecule has 1 aromatic rings. The second-order valence-electron chi connectivity index (χ2n) is 5.25. The summed E-state index contributed by atoms with van der Waals surface area (Å²) >= 11 is 0. The van der Waals surface area contributed by atoms with Crippen LogP contribution in [0.15, 0.2) is 18.2 Å². The average Bonchev–Trinajstić information content (AvgIpc) is 2.50. The SMILES string of the molecule is CN(C)CCOc1ccc([N+](=O)[O-])c(COC(=O)CCC(=O)O)c1. The van der Waals surface area contributed by atoms with Gasteiger partial charge in [0.15, 0.2) is 0 Å². The van der Waals surface area contributed by atoms with Crippen molar-refractivity contribution in [3.8, 4) is 5.75 Å². The summed E-state index contributed by atoms with van der Waals surface area (Å²) < 4.78 is 10.4. The Morgan fingerprint density at radius 3 is 2.58 bits per heavy atom. The van der Waals surface area contributed by atoms with Crippen LogP contribution in [0.25, 0.3) is 0 Å². The molecule has 132 valence electrons. The number of ether oxygens (including phenoxy) is 2. The van der Waals surface area contributed by atoms with Gasteiger partial charge in [-0.15, -0.1) is 0 Å². The molecule has 0 spiro atoms. The van der Waals surface area contributed by atoms with E-state index in [2.05, 4.69) is 0 Å². The minimum absolute atomic E-state index is 0.186. The Hall–Kier alpha value is -2.68. The zero-order valence-corrected chi connectivity index (χ0v) is 13.6. The van der Waals surface area contributed by atoms with Gasteiger partial charge in [0.25, 0.3) is 5.69 Å². The van der Waals surface area contributed by atoms with Gasteiger partial charge in [-0.3, -0.25) is 19.7 Å². The third-order valence-electron chi connectivity index (χ3n) is 2.99. The van der Waals surface area contributed by atoms with Crippen LogP contribution in [0.3, 0.4) is 0 Å². The first-order valence-corrected chi connectivity index (χ1v) is 7.22. The van der Waals surface area contributed by atoms with Crippen LogP contribution in [0.2, 0.25) is 0 Å². The highest BCUT2D eigenvalue weighted by molar-refractivity contribution is 5.76. The molecule has 0 aliphatic rings. The van der Waals surface area contributed by atoms with Gasteiger partial charge in [-0.1, -0.05) is 0 Å². The molecule has 0 bridgehead atoms. The second kappa shape index (κ2) is 9.46. The Kier molecular flexibility index (Phi) is 7.63. The van der Waals surface area contributed by atoms with Crippen LogP contribution in [0.1, 0.15) is 18.4 Å². The third-order valence-corrected chi connectivity index (χ3v) is 2.99. The first kappa shape index (κ1) is 19.4. The van der Waals surface area contributed by atoms with Crippen molar-refractivity contribution in [3.05, 3.63) is 33.9 Å². The number of hydrogen-bond donors (Lipinski definition) is 1. The standard InChI is InChI=1S/C15H20N2O7/c1-16(2)7-8-23-12-3-4-13(17(21)22)11(9-12)10-24-15(20)6-5-14(18)19/h3-4,9H,5-8,10H2,1-2H3,(H,18,19). The number of likely N-dealkylation sites (N-methyl/N-ethyl adjacent to an activating group) is 1. The molecule has 0 aliphatic carbocycles. The Labute approximate surface area is 138 Å². The van der Waals surface area contributed by atoms with Gasteiger partial charge >= 0.3 is 11.9 Å². The summed E-state index contributed by atoms with van der Waals surface area (Å²) in [4.78, 5) is 34.2. The number of esters is 1. The predicted octanol–water partition coefficient (Wildman–Crippen LogP) is 1.44. The molecule has 9 nitrogen and oxygen atoms in total. The fraction of sp³-hybridized carbons (Fsp3) is 0.467. The monoisotopic (exact) mass is 340 g/mol. The fourth-order valence-corrected chi connectivity index (χ4v) is 1.73. The fourth-order valence-electron chi connectivity index (χ4n) is 1.73. The van der Waals surface area contributed by atoms with Gasteiger partial charge in [0.2, 0.25) is 0 Å². The van der Waals surface area contributed by atoms with Crippen molar-refractivity contribution in [2.45, 2.75) is 19.4 Å². The third kappa shape index (κ3) is 7.05. The van der Waals surface area contributed by atoms with E-state index in [9.17, 15) is 19.7 Å². The number of benzene rings is 1. The molecule has 1 N–H and O–H groups in total. The van der Waals surface area contributed by atoms with E-state index in [1.165, 1.54) is 18.2 Å². The number of nitro groups is 1. The number of carbonyl (C=O) groups is 2. The van der Waals surface area contributed by atoms with E-state index in [1.54, 1.807) is 0 Å². The minimum Gasteiger partial charge on any atom is -0.492 e. The highest BCUT2D eigenvalue weighted by atomic mass is 16.6. The minimum atomic E-state index is -1.12. The van der Waals surface area contributed by atoms with Gasteiger partial charge < -0.3 is 19.5 Å². The van der Waals surface area contributed by atoms with E-state index in [1.807, 2.05) is 19.0 Å². The summed E-state index contributed by atoms with van der Waals surface area (Å²) in [6.07, 6.45) is -0.642. The van der Waals surface area contributed by atoms with Crippen molar-refractivity contribution >= 4 is 17.6 Å². The van der Waals surface area contributed by atoms with Crippen LogP contribution in [0, 0.1) is 10.1 Å². The summed E-state index contributed by atoms with van der Waals surface area (Å²) in [5.41, 5.74) is -0.00739. The van der Waals surface area contributed by atoms with Gasteiger partial charge in [0.05, 0.1) is 23.3 Å². The molecule has 0 heterocycles. The van der Waals surface area contributed by atoms with Crippen molar-refractivity contribution in [2.75, 3.05) is 27.2 Å². The molecule has 0 aliphatic heterocycles. The van der Waals surface area contributed by atoms with Crippen LogP contribution in [-0.2, 0) is 20.9 Å². The van der Waals surface area contributed by atoms with Crippen molar-refractivity contribution in [3.63, 3.8) is 0 Å². The van der Waals surface area contributed by atoms with Crippen molar-refractivity contribution in [1.82, 2.24) is 4.90 Å². The van der Waals surface area contributed by atoms with Crippen LogP contribution >= 0.6 is 0 Å². The van der Waals surface area contributed by atoms with E-state index in [4.69, 9.17) is 14.6 Å². The Balaban J connectivity index is 2.72. The maximum Gasteiger partial charge on any atom is 0.306 e. The largest absolute Gasteiger partial charge is 0.492 e. The average molecular weight is 340 g/mol. The van der Waals surface area contributed by atoms with Crippen LogP contribution in [0.5, 0.6) is 5.75 Å².